The summed E-state index contributed by atoms with van der Waals surface area (Å²) in [5.41, 5.74) is -0.572. The van der Waals surface area contributed by atoms with Crippen molar-refractivity contribution in [3.8, 4) is 11.8 Å². The number of ketones is 1. The second-order valence-electron chi connectivity index (χ2n) is 5.88. The van der Waals surface area contributed by atoms with Crippen molar-refractivity contribution in [2.24, 2.45) is 11.3 Å². The van der Waals surface area contributed by atoms with Crippen molar-refractivity contribution in [2.45, 2.75) is 26.2 Å². The first-order chi connectivity index (χ1) is 9.90. The van der Waals surface area contributed by atoms with Gasteiger partial charge in [0.25, 0.3) is 0 Å². The van der Waals surface area contributed by atoms with Gasteiger partial charge < -0.3 is 5.11 Å². The molecule has 1 saturated carbocycles. The molecule has 0 bridgehead atoms. The normalized spacial score (nSPS) is 27.9. The van der Waals surface area contributed by atoms with Crippen molar-refractivity contribution in [1.82, 2.24) is 0 Å². The van der Waals surface area contributed by atoms with Crippen molar-refractivity contribution in [3.05, 3.63) is 34.9 Å². The average Bonchev–Trinajstić information content (AvgIpc) is 2.90. The number of carbonyl (C=O) groups is 1. The van der Waals surface area contributed by atoms with Gasteiger partial charge in [-0.15, -0.1) is 0 Å². The van der Waals surface area contributed by atoms with Crippen LogP contribution < -0.4 is 0 Å². The molecule has 0 saturated heterocycles. The van der Waals surface area contributed by atoms with Gasteiger partial charge in [-0.05, 0) is 30.4 Å². The largest absolute Gasteiger partial charge is 0.505 e. The zero-order valence-electron chi connectivity index (χ0n) is 11.4. The van der Waals surface area contributed by atoms with Crippen LogP contribution in [0, 0.1) is 34.3 Å². The van der Waals surface area contributed by atoms with Crippen LogP contribution in [0.5, 0.6) is 5.75 Å². The predicted molar refractivity (Wildman–Crippen MR) is 71.0 cm³/mol. The van der Waals surface area contributed by atoms with E-state index in [9.17, 15) is 23.9 Å². The van der Waals surface area contributed by atoms with E-state index in [-0.39, 0.29) is 22.8 Å². The number of Topliss-reactive ketones (excluding diaryl/α,β-unsaturated/α-hetero) is 1. The fourth-order valence-electron chi connectivity index (χ4n) is 3.66. The molecule has 0 amide bonds. The zero-order chi connectivity index (χ0) is 15.4. The molecule has 2 aliphatic carbocycles. The first-order valence-electron chi connectivity index (χ1n) is 6.77. The monoisotopic (exact) mass is 289 g/mol. The van der Waals surface area contributed by atoms with E-state index in [4.69, 9.17) is 0 Å². The lowest BCUT2D eigenvalue weighted by atomic mass is 9.77. The molecule has 108 valence electrons. The third kappa shape index (κ3) is 1.72. The minimum Gasteiger partial charge on any atom is -0.505 e. The van der Waals surface area contributed by atoms with E-state index in [1.807, 2.05) is 6.07 Å². The molecule has 21 heavy (non-hydrogen) atoms. The molecule has 0 heterocycles. The Kier molecular flexibility index (Phi) is 2.87. The fraction of sp³-hybridized carbons (Fsp3) is 0.375. The maximum Gasteiger partial charge on any atom is 0.180 e. The smallest absolute Gasteiger partial charge is 0.180 e. The molecule has 2 atom stereocenters. The summed E-state index contributed by atoms with van der Waals surface area (Å²) in [6.45, 7) is 1.78. The summed E-state index contributed by atoms with van der Waals surface area (Å²) < 4.78 is 27.7. The number of phenolic OH excluding ortho intramolecular Hbond substituents is 1. The minimum absolute atomic E-state index is 0.0776. The van der Waals surface area contributed by atoms with Gasteiger partial charge in [-0.1, -0.05) is 13.3 Å². The molecule has 0 aromatic heterocycles. The fourth-order valence-corrected chi connectivity index (χ4v) is 3.66. The number of fused-ring (bicyclic) bond motifs is 1. The third-order valence-corrected chi connectivity index (χ3v) is 4.76. The number of halogens is 2. The van der Waals surface area contributed by atoms with Crippen molar-refractivity contribution in [2.75, 3.05) is 0 Å². The highest BCUT2D eigenvalue weighted by molar-refractivity contribution is 6.14. The van der Waals surface area contributed by atoms with E-state index in [2.05, 4.69) is 0 Å². The van der Waals surface area contributed by atoms with E-state index in [0.717, 1.165) is 12.5 Å². The third-order valence-electron chi connectivity index (χ3n) is 4.76. The number of phenols is 1. The Morgan fingerprint density at radius 3 is 2.76 bits per heavy atom. The molecule has 1 aromatic carbocycles. The first kappa shape index (κ1) is 13.7. The van der Waals surface area contributed by atoms with Gasteiger partial charge in [0, 0.05) is 17.0 Å². The summed E-state index contributed by atoms with van der Waals surface area (Å²) >= 11 is 0. The van der Waals surface area contributed by atoms with E-state index >= 15 is 0 Å². The molecular weight excluding hydrogens is 276 g/mol. The summed E-state index contributed by atoms with van der Waals surface area (Å²) in [6, 6.07) is 3.41. The Morgan fingerprint density at radius 2 is 2.10 bits per heavy atom. The van der Waals surface area contributed by atoms with Gasteiger partial charge in [0.2, 0.25) is 0 Å². The van der Waals surface area contributed by atoms with Crippen molar-refractivity contribution in [3.63, 3.8) is 0 Å². The SMILES string of the molecule is CC12CCCC1C(c1cc(F)c(O)cc1F)=C(C#N)C2=O. The summed E-state index contributed by atoms with van der Waals surface area (Å²) in [6.07, 6.45) is 2.13. The van der Waals surface area contributed by atoms with Gasteiger partial charge in [-0.25, -0.2) is 8.78 Å². The number of allylic oxidation sites excluding steroid dienone is 2. The molecule has 2 unspecified atom stereocenters. The van der Waals surface area contributed by atoms with Gasteiger partial charge in [0.1, 0.15) is 11.9 Å². The Balaban J connectivity index is 2.25. The van der Waals surface area contributed by atoms with Crippen LogP contribution >= 0.6 is 0 Å². The molecule has 0 radical (unpaired) electrons. The van der Waals surface area contributed by atoms with E-state index in [1.165, 1.54) is 0 Å². The molecule has 3 rings (SSSR count). The Morgan fingerprint density at radius 1 is 1.38 bits per heavy atom. The number of benzene rings is 1. The number of carbonyl (C=O) groups excluding carboxylic acids is 1. The number of nitrogens with zero attached hydrogens (tertiary/aromatic N) is 1. The molecule has 1 fully saturated rings. The van der Waals surface area contributed by atoms with Gasteiger partial charge >= 0.3 is 0 Å². The predicted octanol–water partition coefficient (Wildman–Crippen LogP) is 3.34. The standard InChI is InChI=1S/C16H13F2NO2/c1-16-4-2-3-10(16)14(9(7-19)15(16)21)8-5-12(18)13(20)6-11(8)17/h5-6,10,20H,2-4H2,1H3. The highest BCUT2D eigenvalue weighted by atomic mass is 19.1. The summed E-state index contributed by atoms with van der Waals surface area (Å²) in [5, 5.41) is 18.5. The maximum atomic E-state index is 14.1. The molecule has 3 nitrogen and oxygen atoms in total. The number of hydrogen-bond acceptors (Lipinski definition) is 3. The molecule has 5 heteroatoms. The Labute approximate surface area is 120 Å². The van der Waals surface area contributed by atoms with Crippen LogP contribution in [0.15, 0.2) is 17.7 Å². The highest BCUT2D eigenvalue weighted by Gasteiger charge is 2.54. The van der Waals surface area contributed by atoms with Crippen LogP contribution in [0.1, 0.15) is 31.7 Å². The summed E-state index contributed by atoms with van der Waals surface area (Å²) in [5.74, 6) is -3.11. The number of hydrogen-bond donors (Lipinski definition) is 1. The van der Waals surface area contributed by atoms with Gasteiger partial charge in [-0.3, -0.25) is 4.79 Å². The van der Waals surface area contributed by atoms with Gasteiger partial charge in [-0.2, -0.15) is 5.26 Å². The van der Waals surface area contributed by atoms with Crippen LogP contribution in [-0.4, -0.2) is 10.9 Å². The quantitative estimate of drug-likeness (QED) is 0.862. The second kappa shape index (κ2) is 4.39. The molecule has 1 aromatic rings. The van der Waals surface area contributed by atoms with E-state index < -0.39 is 22.8 Å². The summed E-state index contributed by atoms with van der Waals surface area (Å²) in [7, 11) is 0. The topological polar surface area (TPSA) is 61.1 Å². The minimum atomic E-state index is -0.963. The van der Waals surface area contributed by atoms with Crippen LogP contribution in [0.3, 0.4) is 0 Å². The molecular formula is C16H13F2NO2. The van der Waals surface area contributed by atoms with Crippen LogP contribution in [-0.2, 0) is 4.79 Å². The Hall–Kier alpha value is -2.22. The molecule has 0 aliphatic heterocycles. The van der Waals surface area contributed by atoms with E-state index in [1.54, 1.807) is 6.92 Å². The van der Waals surface area contributed by atoms with Crippen LogP contribution in [0.2, 0.25) is 0 Å². The van der Waals surface area contributed by atoms with E-state index in [0.29, 0.717) is 24.5 Å². The lowest BCUT2D eigenvalue weighted by Gasteiger charge is -2.24. The molecule has 0 spiro atoms. The average molecular weight is 289 g/mol. The summed E-state index contributed by atoms with van der Waals surface area (Å²) in [4.78, 5) is 12.4. The zero-order valence-corrected chi connectivity index (χ0v) is 11.4. The molecule has 1 N–H and O–H groups in total. The Bertz CT molecular complexity index is 733. The van der Waals surface area contributed by atoms with Gasteiger partial charge in [0.05, 0.1) is 5.57 Å². The first-order valence-corrected chi connectivity index (χ1v) is 6.77. The van der Waals surface area contributed by atoms with Crippen molar-refractivity contribution in [1.29, 1.82) is 5.26 Å². The number of nitriles is 1. The van der Waals surface area contributed by atoms with Crippen molar-refractivity contribution < 1.29 is 18.7 Å². The van der Waals surface area contributed by atoms with Crippen LogP contribution in [0.25, 0.3) is 5.57 Å². The lowest BCUT2D eigenvalue weighted by Crippen LogP contribution is -2.26. The maximum absolute atomic E-state index is 14.1. The molecule has 2 aliphatic rings. The highest BCUT2D eigenvalue weighted by Crippen LogP contribution is 2.57. The lowest BCUT2D eigenvalue weighted by molar-refractivity contribution is -0.123. The van der Waals surface area contributed by atoms with Crippen LogP contribution in [0.4, 0.5) is 8.78 Å². The van der Waals surface area contributed by atoms with Gasteiger partial charge in [0.15, 0.2) is 17.3 Å². The second-order valence-corrected chi connectivity index (χ2v) is 5.88. The number of aromatic hydroxyl groups is 1. The van der Waals surface area contributed by atoms with Crippen molar-refractivity contribution >= 4 is 11.4 Å². The number of rotatable bonds is 1.